The van der Waals surface area contributed by atoms with Crippen LogP contribution in [0.1, 0.15) is 0 Å². The van der Waals surface area contributed by atoms with Crippen LogP contribution in [0.3, 0.4) is 0 Å². The molecule has 0 atom stereocenters. The number of rotatable bonds is 2. The molecule has 0 fully saturated rings. The molecule has 5 heteroatoms. The van der Waals surface area contributed by atoms with Gasteiger partial charge in [-0.3, -0.25) is 0 Å². The topological polar surface area (TPSA) is 35.0 Å². The summed E-state index contributed by atoms with van der Waals surface area (Å²) in [6, 6.07) is 12.7. The normalized spacial score (nSPS) is 10.6. The van der Waals surface area contributed by atoms with Gasteiger partial charge >= 0.3 is 0 Å². The van der Waals surface area contributed by atoms with Gasteiger partial charge in [0.2, 0.25) is 11.8 Å². The van der Waals surface area contributed by atoms with Crippen molar-refractivity contribution in [2.24, 2.45) is 0 Å². The van der Waals surface area contributed by atoms with E-state index in [1.165, 1.54) is 0 Å². The van der Waals surface area contributed by atoms with Crippen LogP contribution in [0.5, 0.6) is 11.6 Å². The van der Waals surface area contributed by atoms with Crippen LogP contribution in [0, 0.1) is 5.95 Å². The maximum Gasteiger partial charge on any atom is 0.225 e. The minimum Gasteiger partial charge on any atom is -0.439 e. The summed E-state index contributed by atoms with van der Waals surface area (Å²) in [5.41, 5.74) is 0. The third-order valence-electron chi connectivity index (χ3n) is 2.60. The first-order valence-electron chi connectivity index (χ1n) is 5.55. The third kappa shape index (κ3) is 2.71. The molecule has 0 saturated heterocycles. The van der Waals surface area contributed by atoms with E-state index >= 15 is 0 Å². The number of halogens is 2. The predicted molar refractivity (Wildman–Crippen MR) is 73.7 cm³/mol. The van der Waals surface area contributed by atoms with Crippen molar-refractivity contribution in [1.29, 1.82) is 0 Å². The second kappa shape index (κ2) is 4.93. The molecule has 94 valence electrons. The molecule has 3 nitrogen and oxygen atoms in total. The highest BCUT2D eigenvalue weighted by molar-refractivity contribution is 9.10. The van der Waals surface area contributed by atoms with Gasteiger partial charge in [0.15, 0.2) is 0 Å². The van der Waals surface area contributed by atoms with Gasteiger partial charge in [0, 0.05) is 4.47 Å². The van der Waals surface area contributed by atoms with Crippen LogP contribution in [-0.2, 0) is 0 Å². The minimum atomic E-state index is -0.616. The summed E-state index contributed by atoms with van der Waals surface area (Å²) in [7, 11) is 0. The zero-order valence-electron chi connectivity index (χ0n) is 9.68. The minimum absolute atomic E-state index is 0.184. The van der Waals surface area contributed by atoms with E-state index in [2.05, 4.69) is 25.9 Å². The van der Waals surface area contributed by atoms with Crippen LogP contribution in [0.4, 0.5) is 4.39 Å². The lowest BCUT2D eigenvalue weighted by Gasteiger charge is -2.06. The fraction of sp³-hybridized carbons (Fsp3) is 0. The predicted octanol–water partition coefficient (Wildman–Crippen LogP) is 4.32. The average molecular weight is 319 g/mol. The number of hydrogen-bond donors (Lipinski definition) is 0. The number of ether oxygens (including phenoxy) is 1. The quantitative estimate of drug-likeness (QED) is 0.660. The van der Waals surface area contributed by atoms with E-state index in [0.29, 0.717) is 5.75 Å². The smallest absolute Gasteiger partial charge is 0.225 e. The lowest BCUT2D eigenvalue weighted by Crippen LogP contribution is -1.91. The van der Waals surface area contributed by atoms with Gasteiger partial charge in [-0.25, -0.2) is 9.97 Å². The second-order valence-electron chi connectivity index (χ2n) is 3.93. The van der Waals surface area contributed by atoms with Crippen molar-refractivity contribution in [3.8, 4) is 11.6 Å². The molecule has 3 aromatic rings. The van der Waals surface area contributed by atoms with Gasteiger partial charge in [0.05, 0.1) is 6.07 Å². The Bertz CT molecular complexity index is 748. The van der Waals surface area contributed by atoms with Crippen molar-refractivity contribution >= 4 is 26.7 Å². The zero-order chi connectivity index (χ0) is 13.2. The average Bonchev–Trinajstić information content (AvgIpc) is 2.39. The fourth-order valence-electron chi connectivity index (χ4n) is 1.75. The molecular formula is C14H8BrFN2O. The van der Waals surface area contributed by atoms with Gasteiger partial charge in [0.25, 0.3) is 0 Å². The molecule has 0 spiro atoms. The molecule has 19 heavy (non-hydrogen) atoms. The number of aromatic nitrogens is 2. The first kappa shape index (κ1) is 12.0. The second-order valence-corrected chi connectivity index (χ2v) is 4.85. The van der Waals surface area contributed by atoms with E-state index in [-0.39, 0.29) is 5.88 Å². The van der Waals surface area contributed by atoms with Gasteiger partial charge in [-0.2, -0.15) is 4.39 Å². The van der Waals surface area contributed by atoms with Gasteiger partial charge in [-0.05, 0) is 35.0 Å². The Morgan fingerprint density at radius 1 is 0.947 bits per heavy atom. The maximum atomic E-state index is 12.9. The van der Waals surface area contributed by atoms with Crippen molar-refractivity contribution in [3.63, 3.8) is 0 Å². The van der Waals surface area contributed by atoms with Gasteiger partial charge < -0.3 is 4.74 Å². The Morgan fingerprint density at radius 2 is 1.74 bits per heavy atom. The van der Waals surface area contributed by atoms with Gasteiger partial charge in [0.1, 0.15) is 12.1 Å². The molecule has 0 saturated carbocycles. The molecule has 2 aromatic carbocycles. The Labute approximate surface area is 117 Å². The van der Waals surface area contributed by atoms with E-state index in [9.17, 15) is 4.39 Å². The van der Waals surface area contributed by atoms with Crippen molar-refractivity contribution in [2.75, 3.05) is 0 Å². The van der Waals surface area contributed by atoms with Gasteiger partial charge in [-0.1, -0.05) is 28.1 Å². The number of hydrogen-bond acceptors (Lipinski definition) is 3. The molecule has 0 unspecified atom stereocenters. The van der Waals surface area contributed by atoms with Crippen LogP contribution in [0.15, 0.2) is 53.3 Å². The van der Waals surface area contributed by atoms with Crippen molar-refractivity contribution in [1.82, 2.24) is 9.97 Å². The largest absolute Gasteiger partial charge is 0.439 e. The Balaban J connectivity index is 1.95. The van der Waals surface area contributed by atoms with E-state index in [0.717, 1.165) is 27.6 Å². The summed E-state index contributed by atoms with van der Waals surface area (Å²) in [5, 5.41) is 2.13. The summed E-state index contributed by atoms with van der Waals surface area (Å²) in [6.07, 6.45) is 1.13. The zero-order valence-corrected chi connectivity index (χ0v) is 11.3. The summed E-state index contributed by atoms with van der Waals surface area (Å²) >= 11 is 3.42. The first-order chi connectivity index (χ1) is 9.20. The molecule has 1 heterocycles. The summed E-state index contributed by atoms with van der Waals surface area (Å²) < 4.78 is 19.4. The maximum absolute atomic E-state index is 12.9. The molecule has 0 bridgehead atoms. The van der Waals surface area contributed by atoms with Gasteiger partial charge in [-0.15, -0.1) is 0 Å². The highest BCUT2D eigenvalue weighted by Gasteiger charge is 2.02. The van der Waals surface area contributed by atoms with Crippen molar-refractivity contribution < 1.29 is 9.13 Å². The number of benzene rings is 2. The van der Waals surface area contributed by atoms with Crippen LogP contribution >= 0.6 is 15.9 Å². The Hall–Kier alpha value is -2.01. The summed E-state index contributed by atoms with van der Waals surface area (Å²) in [6.45, 7) is 0. The lowest BCUT2D eigenvalue weighted by atomic mass is 10.1. The lowest BCUT2D eigenvalue weighted by molar-refractivity contribution is 0.451. The first-order valence-corrected chi connectivity index (χ1v) is 6.35. The molecule has 1 aromatic heterocycles. The van der Waals surface area contributed by atoms with Crippen LogP contribution in [0.25, 0.3) is 10.8 Å². The molecule has 0 aliphatic rings. The van der Waals surface area contributed by atoms with Crippen molar-refractivity contribution in [3.05, 3.63) is 59.2 Å². The SMILES string of the molecule is Fc1cc(Oc2ccc3cc(Br)ccc3c2)ncn1. The monoisotopic (exact) mass is 318 g/mol. The van der Waals surface area contributed by atoms with Crippen LogP contribution in [0.2, 0.25) is 0 Å². The number of fused-ring (bicyclic) bond motifs is 1. The molecule has 3 rings (SSSR count). The molecule has 0 radical (unpaired) electrons. The van der Waals surface area contributed by atoms with Crippen LogP contribution < -0.4 is 4.74 Å². The highest BCUT2D eigenvalue weighted by atomic mass is 79.9. The highest BCUT2D eigenvalue weighted by Crippen LogP contribution is 2.26. The molecule has 0 amide bonds. The standard InChI is InChI=1S/C14H8BrFN2O/c15-11-3-1-10-6-12(4-2-9(10)5-11)19-14-7-13(16)17-8-18-14/h1-8H. The van der Waals surface area contributed by atoms with E-state index < -0.39 is 5.95 Å². The van der Waals surface area contributed by atoms with E-state index in [1.54, 1.807) is 0 Å². The summed E-state index contributed by atoms with van der Waals surface area (Å²) in [4.78, 5) is 7.23. The van der Waals surface area contributed by atoms with E-state index in [1.807, 2.05) is 36.4 Å². The Morgan fingerprint density at radius 3 is 2.58 bits per heavy atom. The molecule has 0 aliphatic carbocycles. The molecule has 0 aliphatic heterocycles. The fourth-order valence-corrected chi connectivity index (χ4v) is 2.13. The van der Waals surface area contributed by atoms with Crippen molar-refractivity contribution in [2.45, 2.75) is 0 Å². The van der Waals surface area contributed by atoms with E-state index in [4.69, 9.17) is 4.74 Å². The van der Waals surface area contributed by atoms with Crippen LogP contribution in [-0.4, -0.2) is 9.97 Å². The number of nitrogens with zero attached hydrogens (tertiary/aromatic N) is 2. The molecular weight excluding hydrogens is 311 g/mol. The summed E-state index contributed by atoms with van der Waals surface area (Å²) in [5.74, 6) is 0.173. The Kier molecular flexibility index (Phi) is 3.13. The third-order valence-corrected chi connectivity index (χ3v) is 3.10. The molecule has 0 N–H and O–H groups in total.